The van der Waals surface area contributed by atoms with Crippen molar-refractivity contribution < 1.29 is 15.0 Å². The van der Waals surface area contributed by atoms with E-state index in [-0.39, 0.29) is 12.3 Å². The Kier molecular flexibility index (Phi) is 4.70. The lowest BCUT2D eigenvalue weighted by molar-refractivity contribution is 0.0690. The highest BCUT2D eigenvalue weighted by atomic mass is 16.4. The van der Waals surface area contributed by atoms with Crippen LogP contribution < -0.4 is 4.90 Å². The minimum atomic E-state index is -1.00. The number of pyridine rings is 1. The summed E-state index contributed by atoms with van der Waals surface area (Å²) in [6, 6.07) is 5.07. The fourth-order valence-electron chi connectivity index (χ4n) is 2.28. The monoisotopic (exact) mass is 265 g/mol. The molecule has 0 saturated carbocycles. The molecule has 19 heavy (non-hydrogen) atoms. The SMILES string of the molecule is O=C(O)c1cccc(N2CCCN(CCO)CC2)n1. The van der Waals surface area contributed by atoms with E-state index in [1.165, 1.54) is 6.07 Å². The normalized spacial score (nSPS) is 17.2. The summed E-state index contributed by atoms with van der Waals surface area (Å²) in [5.74, 6) is -0.288. The Labute approximate surface area is 112 Å². The van der Waals surface area contributed by atoms with Crippen molar-refractivity contribution in [3.63, 3.8) is 0 Å². The molecule has 2 N–H and O–H groups in total. The summed E-state index contributed by atoms with van der Waals surface area (Å²) in [5.41, 5.74) is 0.0777. The average Bonchev–Trinajstić information content (AvgIpc) is 2.65. The third-order valence-corrected chi connectivity index (χ3v) is 3.28. The highest BCUT2D eigenvalue weighted by Gasteiger charge is 2.16. The molecule has 2 rings (SSSR count). The molecule has 1 fully saturated rings. The van der Waals surface area contributed by atoms with E-state index in [1.807, 2.05) is 6.07 Å². The van der Waals surface area contributed by atoms with Gasteiger partial charge in [0.25, 0.3) is 0 Å². The zero-order valence-corrected chi connectivity index (χ0v) is 10.8. The van der Waals surface area contributed by atoms with Gasteiger partial charge in [-0.2, -0.15) is 0 Å². The van der Waals surface area contributed by atoms with Crippen molar-refractivity contribution >= 4 is 11.8 Å². The predicted molar refractivity (Wildman–Crippen MR) is 71.6 cm³/mol. The lowest BCUT2D eigenvalue weighted by Crippen LogP contribution is -2.32. The van der Waals surface area contributed by atoms with E-state index in [0.29, 0.717) is 12.4 Å². The summed E-state index contributed by atoms with van der Waals surface area (Å²) in [5, 5.41) is 17.9. The summed E-state index contributed by atoms with van der Waals surface area (Å²) in [6.45, 7) is 4.34. The molecule has 0 aliphatic carbocycles. The molecule has 0 bridgehead atoms. The molecule has 1 saturated heterocycles. The Morgan fingerprint density at radius 3 is 2.84 bits per heavy atom. The molecule has 0 amide bonds. The van der Waals surface area contributed by atoms with E-state index in [2.05, 4.69) is 14.8 Å². The van der Waals surface area contributed by atoms with Gasteiger partial charge in [-0.25, -0.2) is 9.78 Å². The van der Waals surface area contributed by atoms with E-state index in [0.717, 1.165) is 32.6 Å². The number of rotatable bonds is 4. The van der Waals surface area contributed by atoms with Gasteiger partial charge in [-0.15, -0.1) is 0 Å². The summed E-state index contributed by atoms with van der Waals surface area (Å²) in [6.07, 6.45) is 0.985. The molecule has 2 heterocycles. The fourth-order valence-corrected chi connectivity index (χ4v) is 2.28. The Bertz CT molecular complexity index is 439. The maximum Gasteiger partial charge on any atom is 0.354 e. The van der Waals surface area contributed by atoms with Gasteiger partial charge in [0.1, 0.15) is 5.82 Å². The van der Waals surface area contributed by atoms with Gasteiger partial charge in [0.2, 0.25) is 0 Å². The molecular weight excluding hydrogens is 246 g/mol. The van der Waals surface area contributed by atoms with Gasteiger partial charge in [-0.05, 0) is 25.1 Å². The van der Waals surface area contributed by atoms with Gasteiger partial charge >= 0.3 is 5.97 Å². The number of aromatic nitrogens is 1. The molecular formula is C13H19N3O3. The van der Waals surface area contributed by atoms with Crippen LogP contribution in [-0.2, 0) is 0 Å². The van der Waals surface area contributed by atoms with Gasteiger partial charge in [-0.3, -0.25) is 4.90 Å². The summed E-state index contributed by atoms with van der Waals surface area (Å²) in [4.78, 5) is 19.4. The summed E-state index contributed by atoms with van der Waals surface area (Å²) >= 11 is 0. The fraction of sp³-hybridized carbons (Fsp3) is 0.538. The van der Waals surface area contributed by atoms with Crippen LogP contribution >= 0.6 is 0 Å². The third kappa shape index (κ3) is 3.65. The van der Waals surface area contributed by atoms with Crippen molar-refractivity contribution in [2.24, 2.45) is 0 Å². The molecule has 6 heteroatoms. The number of β-amino-alcohol motifs (C(OH)–C–C–N with tert-alkyl or cyclic N) is 1. The predicted octanol–water partition coefficient (Wildman–Crippen LogP) is 0.284. The number of hydrogen-bond donors (Lipinski definition) is 2. The molecule has 1 aliphatic heterocycles. The number of carboxylic acids is 1. The third-order valence-electron chi connectivity index (χ3n) is 3.28. The molecule has 104 valence electrons. The molecule has 0 unspecified atom stereocenters. The van der Waals surface area contributed by atoms with Crippen molar-refractivity contribution in [3.8, 4) is 0 Å². The zero-order valence-electron chi connectivity index (χ0n) is 10.8. The standard InChI is InChI=1S/C13H19N3O3/c17-10-9-15-5-2-6-16(8-7-15)12-4-1-3-11(14-12)13(18)19/h1,3-4,17H,2,5-10H2,(H,18,19). The van der Waals surface area contributed by atoms with Crippen LogP contribution in [-0.4, -0.2) is 65.4 Å². The van der Waals surface area contributed by atoms with Crippen LogP contribution in [0.1, 0.15) is 16.9 Å². The number of aliphatic hydroxyl groups excluding tert-OH is 1. The highest BCUT2D eigenvalue weighted by Crippen LogP contribution is 2.14. The van der Waals surface area contributed by atoms with Crippen LogP contribution in [0.25, 0.3) is 0 Å². The Balaban J connectivity index is 2.05. The van der Waals surface area contributed by atoms with Crippen LogP contribution in [0.4, 0.5) is 5.82 Å². The lowest BCUT2D eigenvalue weighted by atomic mass is 10.3. The van der Waals surface area contributed by atoms with Crippen molar-refractivity contribution in [1.82, 2.24) is 9.88 Å². The molecule has 6 nitrogen and oxygen atoms in total. The maximum absolute atomic E-state index is 10.9. The van der Waals surface area contributed by atoms with Crippen LogP contribution in [0.3, 0.4) is 0 Å². The smallest absolute Gasteiger partial charge is 0.354 e. The first kappa shape index (κ1) is 13.8. The van der Waals surface area contributed by atoms with Gasteiger partial charge in [0.15, 0.2) is 5.69 Å². The zero-order chi connectivity index (χ0) is 13.7. The molecule has 1 aromatic rings. The number of aliphatic hydroxyl groups is 1. The van der Waals surface area contributed by atoms with Crippen molar-refractivity contribution in [1.29, 1.82) is 0 Å². The Morgan fingerprint density at radius 2 is 2.11 bits per heavy atom. The Hall–Kier alpha value is -1.66. The van der Waals surface area contributed by atoms with Crippen LogP contribution in [0.5, 0.6) is 0 Å². The minimum absolute atomic E-state index is 0.0777. The largest absolute Gasteiger partial charge is 0.477 e. The van der Waals surface area contributed by atoms with Gasteiger partial charge in [-0.1, -0.05) is 6.07 Å². The number of aromatic carboxylic acids is 1. The maximum atomic E-state index is 10.9. The number of carbonyl (C=O) groups is 1. The highest BCUT2D eigenvalue weighted by molar-refractivity contribution is 5.85. The number of nitrogens with zero attached hydrogens (tertiary/aromatic N) is 3. The average molecular weight is 265 g/mol. The lowest BCUT2D eigenvalue weighted by Gasteiger charge is -2.22. The first-order valence-electron chi connectivity index (χ1n) is 6.49. The topological polar surface area (TPSA) is 76.9 Å². The molecule has 1 aliphatic rings. The molecule has 1 aromatic heterocycles. The van der Waals surface area contributed by atoms with Crippen LogP contribution in [0.15, 0.2) is 18.2 Å². The van der Waals surface area contributed by atoms with Crippen molar-refractivity contribution in [3.05, 3.63) is 23.9 Å². The molecule has 0 radical (unpaired) electrons. The van der Waals surface area contributed by atoms with E-state index in [4.69, 9.17) is 10.2 Å². The number of hydrogen-bond acceptors (Lipinski definition) is 5. The number of anilines is 1. The summed E-state index contributed by atoms with van der Waals surface area (Å²) < 4.78 is 0. The van der Waals surface area contributed by atoms with E-state index in [1.54, 1.807) is 6.07 Å². The van der Waals surface area contributed by atoms with Gasteiger partial charge in [0.05, 0.1) is 6.61 Å². The van der Waals surface area contributed by atoms with E-state index >= 15 is 0 Å². The molecule has 0 aromatic carbocycles. The minimum Gasteiger partial charge on any atom is -0.477 e. The van der Waals surface area contributed by atoms with E-state index < -0.39 is 5.97 Å². The van der Waals surface area contributed by atoms with Crippen LogP contribution in [0, 0.1) is 0 Å². The van der Waals surface area contributed by atoms with Gasteiger partial charge < -0.3 is 15.1 Å². The molecule has 0 spiro atoms. The van der Waals surface area contributed by atoms with Crippen molar-refractivity contribution in [2.75, 3.05) is 44.2 Å². The second kappa shape index (κ2) is 6.49. The first-order chi connectivity index (χ1) is 9.20. The second-order valence-electron chi connectivity index (χ2n) is 4.59. The first-order valence-corrected chi connectivity index (χ1v) is 6.49. The second-order valence-corrected chi connectivity index (χ2v) is 4.59. The van der Waals surface area contributed by atoms with Crippen LogP contribution in [0.2, 0.25) is 0 Å². The van der Waals surface area contributed by atoms with E-state index in [9.17, 15) is 4.79 Å². The van der Waals surface area contributed by atoms with Crippen molar-refractivity contribution in [2.45, 2.75) is 6.42 Å². The summed E-state index contributed by atoms with van der Waals surface area (Å²) in [7, 11) is 0. The quantitative estimate of drug-likeness (QED) is 0.814. The molecule has 0 atom stereocenters. The number of carboxylic acid groups (broad SMARTS) is 1. The van der Waals surface area contributed by atoms with Gasteiger partial charge in [0, 0.05) is 26.2 Å². The Morgan fingerprint density at radius 1 is 1.26 bits per heavy atom.